The molecule has 0 aromatic heterocycles. The Morgan fingerprint density at radius 2 is 1.85 bits per heavy atom. The van der Waals surface area contributed by atoms with E-state index < -0.39 is 28.4 Å². The van der Waals surface area contributed by atoms with Crippen LogP contribution in [-0.2, 0) is 14.8 Å². The first-order valence-corrected chi connectivity index (χ1v) is 10.8. The molecule has 0 heterocycles. The van der Waals surface area contributed by atoms with Gasteiger partial charge in [0.15, 0.2) is 0 Å². The van der Waals surface area contributed by atoms with Crippen molar-refractivity contribution in [3.8, 4) is 0 Å². The molecule has 0 atom stereocenters. The van der Waals surface area contributed by atoms with Gasteiger partial charge in [-0.2, -0.15) is 4.31 Å². The van der Waals surface area contributed by atoms with Gasteiger partial charge in [0, 0.05) is 25.2 Å². The summed E-state index contributed by atoms with van der Waals surface area (Å²) in [7, 11) is -2.12. The quantitative estimate of drug-likeness (QED) is 0.729. The van der Waals surface area contributed by atoms with Gasteiger partial charge in [-0.3, -0.25) is 9.59 Å². The standard InChI is InChI=1S/C19H28N2O5S/c1-3-12-21(14-18(22)23)19(24)15-8-7-11-17(13-15)27(25,26)20(2)16-9-5-4-6-10-16/h7-8,11,13,16H,3-6,9-10,12,14H2,1-2H3,(H,22,23). The van der Waals surface area contributed by atoms with E-state index in [0.29, 0.717) is 13.0 Å². The van der Waals surface area contributed by atoms with Crippen molar-refractivity contribution in [2.75, 3.05) is 20.1 Å². The van der Waals surface area contributed by atoms with Gasteiger partial charge in [0.1, 0.15) is 6.54 Å². The minimum atomic E-state index is -3.71. The molecule has 0 bridgehead atoms. The molecule has 8 heteroatoms. The number of sulfonamides is 1. The number of carboxylic acid groups (broad SMARTS) is 1. The van der Waals surface area contributed by atoms with Gasteiger partial charge in [-0.15, -0.1) is 0 Å². The average molecular weight is 397 g/mol. The van der Waals surface area contributed by atoms with Crippen LogP contribution in [0.25, 0.3) is 0 Å². The topological polar surface area (TPSA) is 95.0 Å². The van der Waals surface area contributed by atoms with E-state index in [9.17, 15) is 18.0 Å². The van der Waals surface area contributed by atoms with E-state index in [2.05, 4.69) is 0 Å². The molecule has 1 aromatic rings. The first-order chi connectivity index (χ1) is 12.8. The average Bonchev–Trinajstić information content (AvgIpc) is 2.67. The van der Waals surface area contributed by atoms with Crippen molar-refractivity contribution in [2.24, 2.45) is 0 Å². The number of carbonyl (C=O) groups is 2. The first-order valence-electron chi connectivity index (χ1n) is 9.36. The van der Waals surface area contributed by atoms with Gasteiger partial charge >= 0.3 is 5.97 Å². The summed E-state index contributed by atoms with van der Waals surface area (Å²) in [5.74, 6) is -1.57. The molecule has 1 N–H and O–H groups in total. The molecule has 1 fully saturated rings. The smallest absolute Gasteiger partial charge is 0.323 e. The number of carboxylic acids is 1. The van der Waals surface area contributed by atoms with Crippen molar-refractivity contribution in [3.63, 3.8) is 0 Å². The third-order valence-electron chi connectivity index (χ3n) is 4.95. The van der Waals surface area contributed by atoms with Gasteiger partial charge < -0.3 is 10.0 Å². The molecule has 1 saturated carbocycles. The molecular formula is C19H28N2O5S. The second kappa shape index (κ2) is 9.32. The number of carbonyl (C=O) groups excluding carboxylic acids is 1. The van der Waals surface area contributed by atoms with Crippen LogP contribution in [0.15, 0.2) is 29.2 Å². The van der Waals surface area contributed by atoms with Gasteiger partial charge in [-0.25, -0.2) is 8.42 Å². The summed E-state index contributed by atoms with van der Waals surface area (Å²) in [5, 5.41) is 9.01. The predicted octanol–water partition coefficient (Wildman–Crippen LogP) is 2.58. The lowest BCUT2D eigenvalue weighted by molar-refractivity contribution is -0.137. The van der Waals surface area contributed by atoms with Crippen LogP contribution in [0.5, 0.6) is 0 Å². The number of hydrogen-bond acceptors (Lipinski definition) is 4. The zero-order valence-corrected chi connectivity index (χ0v) is 16.7. The molecule has 1 aromatic carbocycles. The number of benzene rings is 1. The minimum Gasteiger partial charge on any atom is -0.480 e. The van der Waals surface area contributed by atoms with Gasteiger partial charge in [-0.1, -0.05) is 32.3 Å². The Labute approximate surface area is 161 Å². The molecule has 0 aliphatic heterocycles. The Morgan fingerprint density at radius 3 is 2.44 bits per heavy atom. The Balaban J connectivity index is 2.27. The van der Waals surface area contributed by atoms with Crippen LogP contribution in [0.2, 0.25) is 0 Å². The van der Waals surface area contributed by atoms with Crippen molar-refractivity contribution in [1.29, 1.82) is 0 Å². The second-order valence-corrected chi connectivity index (χ2v) is 8.96. The Morgan fingerprint density at radius 1 is 1.19 bits per heavy atom. The minimum absolute atomic E-state index is 0.0216. The van der Waals surface area contributed by atoms with E-state index in [1.54, 1.807) is 7.05 Å². The molecule has 0 unspecified atom stereocenters. The largest absolute Gasteiger partial charge is 0.480 e. The fraction of sp³-hybridized carbons (Fsp3) is 0.579. The van der Waals surface area contributed by atoms with Crippen LogP contribution in [0.3, 0.4) is 0 Å². The Kier molecular flexibility index (Phi) is 7.38. The maximum absolute atomic E-state index is 13.0. The fourth-order valence-corrected chi connectivity index (χ4v) is 4.93. The van der Waals surface area contributed by atoms with E-state index in [0.717, 1.165) is 32.1 Å². The fourth-order valence-electron chi connectivity index (χ4n) is 3.46. The molecule has 2 rings (SSSR count). The first kappa shape index (κ1) is 21.4. The molecule has 0 saturated heterocycles. The van der Waals surface area contributed by atoms with Crippen LogP contribution >= 0.6 is 0 Å². The Bertz CT molecular complexity index is 772. The molecule has 150 valence electrons. The molecular weight excluding hydrogens is 368 g/mol. The normalized spacial score (nSPS) is 15.7. The van der Waals surface area contributed by atoms with Crippen molar-refractivity contribution < 1.29 is 23.1 Å². The maximum Gasteiger partial charge on any atom is 0.323 e. The van der Waals surface area contributed by atoms with E-state index in [4.69, 9.17) is 5.11 Å². The maximum atomic E-state index is 13.0. The number of rotatable bonds is 8. The summed E-state index contributed by atoms with van der Waals surface area (Å²) in [4.78, 5) is 25.0. The number of amides is 1. The highest BCUT2D eigenvalue weighted by Crippen LogP contribution is 2.27. The van der Waals surface area contributed by atoms with Crippen molar-refractivity contribution in [1.82, 2.24) is 9.21 Å². The molecule has 0 radical (unpaired) electrons. The Hall–Kier alpha value is -1.93. The van der Waals surface area contributed by atoms with E-state index in [1.807, 2.05) is 6.92 Å². The third kappa shape index (κ3) is 5.29. The summed E-state index contributed by atoms with van der Waals surface area (Å²) in [5.41, 5.74) is 0.183. The van der Waals surface area contributed by atoms with Crippen LogP contribution < -0.4 is 0 Å². The third-order valence-corrected chi connectivity index (χ3v) is 6.86. The SMILES string of the molecule is CCCN(CC(=O)O)C(=O)c1cccc(S(=O)(=O)N(C)C2CCCCC2)c1. The lowest BCUT2D eigenvalue weighted by Crippen LogP contribution is -2.38. The molecule has 1 aliphatic rings. The predicted molar refractivity (Wildman–Crippen MR) is 102 cm³/mol. The van der Waals surface area contributed by atoms with E-state index >= 15 is 0 Å². The summed E-state index contributed by atoms with van der Waals surface area (Å²) in [6.07, 6.45) is 5.47. The van der Waals surface area contributed by atoms with Crippen molar-refractivity contribution in [3.05, 3.63) is 29.8 Å². The summed E-state index contributed by atoms with van der Waals surface area (Å²) >= 11 is 0. The van der Waals surface area contributed by atoms with Crippen molar-refractivity contribution >= 4 is 21.9 Å². The zero-order chi connectivity index (χ0) is 20.0. The molecule has 27 heavy (non-hydrogen) atoms. The van der Waals surface area contributed by atoms with Gasteiger partial charge in [0.2, 0.25) is 10.0 Å². The van der Waals surface area contributed by atoms with Gasteiger partial charge in [0.25, 0.3) is 5.91 Å². The van der Waals surface area contributed by atoms with Crippen LogP contribution in [0, 0.1) is 0 Å². The highest BCUT2D eigenvalue weighted by Gasteiger charge is 2.29. The second-order valence-electron chi connectivity index (χ2n) is 6.96. The van der Waals surface area contributed by atoms with Crippen LogP contribution in [0.1, 0.15) is 55.8 Å². The number of nitrogens with zero attached hydrogens (tertiary/aromatic N) is 2. The lowest BCUT2D eigenvalue weighted by atomic mass is 9.96. The molecule has 0 spiro atoms. The van der Waals surface area contributed by atoms with Crippen molar-refractivity contribution in [2.45, 2.75) is 56.4 Å². The molecule has 1 amide bonds. The van der Waals surface area contributed by atoms with E-state index in [-0.39, 0.29) is 16.5 Å². The zero-order valence-electron chi connectivity index (χ0n) is 15.9. The van der Waals surface area contributed by atoms with E-state index in [1.165, 1.54) is 33.5 Å². The molecule has 1 aliphatic carbocycles. The van der Waals surface area contributed by atoms with Gasteiger partial charge in [0.05, 0.1) is 4.90 Å². The van der Waals surface area contributed by atoms with Gasteiger partial charge in [-0.05, 0) is 37.5 Å². The number of aliphatic carboxylic acids is 1. The molecule has 7 nitrogen and oxygen atoms in total. The highest BCUT2D eigenvalue weighted by atomic mass is 32.2. The summed E-state index contributed by atoms with van der Waals surface area (Å²) in [6, 6.07) is 5.85. The van der Waals surface area contributed by atoms with Crippen LogP contribution in [-0.4, -0.2) is 60.8 Å². The summed E-state index contributed by atoms with van der Waals surface area (Å²) in [6.45, 7) is 1.73. The monoisotopic (exact) mass is 396 g/mol. The lowest BCUT2D eigenvalue weighted by Gasteiger charge is -2.30. The summed E-state index contributed by atoms with van der Waals surface area (Å²) < 4.78 is 27.4. The number of hydrogen-bond donors (Lipinski definition) is 1. The van der Waals surface area contributed by atoms with Crippen LogP contribution in [0.4, 0.5) is 0 Å². The highest BCUT2D eigenvalue weighted by molar-refractivity contribution is 7.89.